The Balaban J connectivity index is 2.10. The van der Waals surface area contributed by atoms with Crippen LogP contribution in [0.1, 0.15) is 5.56 Å². The van der Waals surface area contributed by atoms with Crippen molar-refractivity contribution in [3.8, 4) is 28.8 Å². The Hall–Kier alpha value is -3.13. The average molecular weight is 291 g/mol. The SMILES string of the molecule is COc1cc2ncc(-c3ccc(C#N)cc3)nc2cc1OC. The Morgan fingerprint density at radius 2 is 1.59 bits per heavy atom. The fourth-order valence-corrected chi connectivity index (χ4v) is 2.19. The highest BCUT2D eigenvalue weighted by Gasteiger charge is 2.09. The first-order valence-electron chi connectivity index (χ1n) is 6.64. The molecule has 0 saturated carbocycles. The van der Waals surface area contributed by atoms with Crippen LogP contribution in [0.4, 0.5) is 0 Å². The summed E-state index contributed by atoms with van der Waals surface area (Å²) >= 11 is 0. The van der Waals surface area contributed by atoms with Gasteiger partial charge in [0.1, 0.15) is 0 Å². The van der Waals surface area contributed by atoms with Gasteiger partial charge in [0.2, 0.25) is 0 Å². The first-order chi connectivity index (χ1) is 10.7. The third-order valence-electron chi connectivity index (χ3n) is 3.36. The second-order valence-electron chi connectivity index (χ2n) is 4.64. The van der Waals surface area contributed by atoms with Crippen LogP contribution >= 0.6 is 0 Å². The highest BCUT2D eigenvalue weighted by Crippen LogP contribution is 2.31. The molecule has 3 aromatic rings. The quantitative estimate of drug-likeness (QED) is 0.741. The summed E-state index contributed by atoms with van der Waals surface area (Å²) in [6.45, 7) is 0. The van der Waals surface area contributed by atoms with E-state index in [1.165, 1.54) is 0 Å². The molecule has 0 fully saturated rings. The van der Waals surface area contributed by atoms with Crippen molar-refractivity contribution in [2.24, 2.45) is 0 Å². The Bertz CT molecular complexity index is 867. The number of rotatable bonds is 3. The number of hydrogen-bond acceptors (Lipinski definition) is 5. The molecule has 0 bridgehead atoms. The van der Waals surface area contributed by atoms with Crippen molar-refractivity contribution in [3.05, 3.63) is 48.2 Å². The molecule has 0 saturated heterocycles. The predicted octanol–water partition coefficient (Wildman–Crippen LogP) is 3.19. The van der Waals surface area contributed by atoms with Gasteiger partial charge in [-0.25, -0.2) is 4.98 Å². The number of nitrogens with zero attached hydrogens (tertiary/aromatic N) is 3. The van der Waals surface area contributed by atoms with Crippen molar-refractivity contribution in [2.45, 2.75) is 0 Å². The number of aromatic nitrogens is 2. The van der Waals surface area contributed by atoms with E-state index in [1.54, 1.807) is 44.7 Å². The van der Waals surface area contributed by atoms with E-state index in [2.05, 4.69) is 16.0 Å². The number of hydrogen-bond donors (Lipinski definition) is 0. The molecule has 5 nitrogen and oxygen atoms in total. The number of benzene rings is 2. The average Bonchev–Trinajstić information content (AvgIpc) is 2.60. The van der Waals surface area contributed by atoms with E-state index in [1.807, 2.05) is 12.1 Å². The van der Waals surface area contributed by atoms with E-state index in [4.69, 9.17) is 14.7 Å². The maximum atomic E-state index is 8.84. The van der Waals surface area contributed by atoms with Gasteiger partial charge in [-0.2, -0.15) is 5.26 Å². The molecule has 0 unspecified atom stereocenters. The highest BCUT2D eigenvalue weighted by atomic mass is 16.5. The summed E-state index contributed by atoms with van der Waals surface area (Å²) in [5, 5.41) is 8.84. The molecule has 1 aromatic heterocycles. The lowest BCUT2D eigenvalue weighted by Gasteiger charge is -2.09. The molecule has 108 valence electrons. The van der Waals surface area contributed by atoms with Crippen LogP contribution in [-0.4, -0.2) is 24.2 Å². The molecule has 3 rings (SSSR count). The second-order valence-corrected chi connectivity index (χ2v) is 4.64. The third-order valence-corrected chi connectivity index (χ3v) is 3.36. The Morgan fingerprint density at radius 1 is 0.955 bits per heavy atom. The Morgan fingerprint density at radius 3 is 2.18 bits per heavy atom. The van der Waals surface area contributed by atoms with Crippen LogP contribution in [-0.2, 0) is 0 Å². The minimum absolute atomic E-state index is 0.612. The van der Waals surface area contributed by atoms with Gasteiger partial charge >= 0.3 is 0 Å². The molecule has 0 atom stereocenters. The smallest absolute Gasteiger partial charge is 0.163 e. The maximum absolute atomic E-state index is 8.84. The summed E-state index contributed by atoms with van der Waals surface area (Å²) in [6, 6.07) is 12.9. The summed E-state index contributed by atoms with van der Waals surface area (Å²) < 4.78 is 10.6. The monoisotopic (exact) mass is 291 g/mol. The van der Waals surface area contributed by atoms with Crippen molar-refractivity contribution in [1.29, 1.82) is 5.26 Å². The maximum Gasteiger partial charge on any atom is 0.163 e. The van der Waals surface area contributed by atoms with Crippen LogP contribution in [0.25, 0.3) is 22.3 Å². The second kappa shape index (κ2) is 5.70. The van der Waals surface area contributed by atoms with Crippen molar-refractivity contribution in [1.82, 2.24) is 9.97 Å². The molecule has 0 aliphatic heterocycles. The molecule has 0 spiro atoms. The summed E-state index contributed by atoms with van der Waals surface area (Å²) in [5.74, 6) is 1.23. The molecule has 0 aliphatic rings. The Kier molecular flexibility index (Phi) is 3.58. The fraction of sp³-hybridized carbons (Fsp3) is 0.118. The molecule has 0 radical (unpaired) electrons. The zero-order valence-corrected chi connectivity index (χ0v) is 12.2. The van der Waals surface area contributed by atoms with E-state index in [0.717, 1.165) is 22.3 Å². The standard InChI is InChI=1S/C17H13N3O2/c1-21-16-7-13-14(8-17(16)22-2)20-15(10-19-13)12-5-3-11(9-18)4-6-12/h3-8,10H,1-2H3. The lowest BCUT2D eigenvalue weighted by atomic mass is 10.1. The van der Waals surface area contributed by atoms with Gasteiger partial charge in [-0.1, -0.05) is 12.1 Å². The minimum atomic E-state index is 0.612. The van der Waals surface area contributed by atoms with Gasteiger partial charge in [-0.05, 0) is 12.1 Å². The van der Waals surface area contributed by atoms with Crippen LogP contribution < -0.4 is 9.47 Å². The molecule has 0 amide bonds. The molecule has 5 heteroatoms. The predicted molar refractivity (Wildman–Crippen MR) is 82.8 cm³/mol. The van der Waals surface area contributed by atoms with Gasteiger partial charge < -0.3 is 9.47 Å². The topological polar surface area (TPSA) is 68.0 Å². The summed E-state index contributed by atoms with van der Waals surface area (Å²) in [6.07, 6.45) is 1.70. The minimum Gasteiger partial charge on any atom is -0.493 e. The van der Waals surface area contributed by atoms with Gasteiger partial charge in [0, 0.05) is 17.7 Å². The van der Waals surface area contributed by atoms with E-state index in [9.17, 15) is 0 Å². The van der Waals surface area contributed by atoms with Crippen LogP contribution in [0.15, 0.2) is 42.6 Å². The van der Waals surface area contributed by atoms with E-state index in [0.29, 0.717) is 17.1 Å². The van der Waals surface area contributed by atoms with E-state index >= 15 is 0 Å². The molecular formula is C17H13N3O2. The third kappa shape index (κ3) is 2.42. The van der Waals surface area contributed by atoms with Gasteiger partial charge in [0.25, 0.3) is 0 Å². The molecule has 22 heavy (non-hydrogen) atoms. The summed E-state index contributed by atoms with van der Waals surface area (Å²) in [5.41, 5.74) is 3.71. The van der Waals surface area contributed by atoms with E-state index < -0.39 is 0 Å². The van der Waals surface area contributed by atoms with Crippen LogP contribution in [0.2, 0.25) is 0 Å². The van der Waals surface area contributed by atoms with Gasteiger partial charge in [-0.3, -0.25) is 4.98 Å². The summed E-state index contributed by atoms with van der Waals surface area (Å²) in [4.78, 5) is 9.03. The molecule has 0 N–H and O–H groups in total. The van der Waals surface area contributed by atoms with Crippen LogP contribution in [0.5, 0.6) is 11.5 Å². The van der Waals surface area contributed by atoms with Gasteiger partial charge in [0.15, 0.2) is 11.5 Å². The van der Waals surface area contributed by atoms with E-state index in [-0.39, 0.29) is 0 Å². The van der Waals surface area contributed by atoms with Crippen molar-refractivity contribution in [3.63, 3.8) is 0 Å². The van der Waals surface area contributed by atoms with Crippen LogP contribution in [0, 0.1) is 11.3 Å². The number of methoxy groups -OCH3 is 2. The van der Waals surface area contributed by atoms with Gasteiger partial charge in [-0.15, -0.1) is 0 Å². The number of nitriles is 1. The largest absolute Gasteiger partial charge is 0.493 e. The molecule has 1 heterocycles. The molecular weight excluding hydrogens is 278 g/mol. The molecule has 2 aromatic carbocycles. The van der Waals surface area contributed by atoms with Crippen molar-refractivity contribution >= 4 is 11.0 Å². The zero-order chi connectivity index (χ0) is 15.5. The number of fused-ring (bicyclic) bond motifs is 1. The van der Waals surface area contributed by atoms with Crippen molar-refractivity contribution in [2.75, 3.05) is 14.2 Å². The normalized spacial score (nSPS) is 10.2. The summed E-state index contributed by atoms with van der Waals surface area (Å²) in [7, 11) is 3.17. The first kappa shape index (κ1) is 13.8. The number of ether oxygens (including phenoxy) is 2. The van der Waals surface area contributed by atoms with Crippen molar-refractivity contribution < 1.29 is 9.47 Å². The highest BCUT2D eigenvalue weighted by molar-refractivity contribution is 5.81. The first-order valence-corrected chi connectivity index (χ1v) is 6.64. The zero-order valence-electron chi connectivity index (χ0n) is 12.2. The fourth-order valence-electron chi connectivity index (χ4n) is 2.19. The Labute approximate surface area is 127 Å². The molecule has 0 aliphatic carbocycles. The lowest BCUT2D eigenvalue weighted by Crippen LogP contribution is -1.94. The van der Waals surface area contributed by atoms with Gasteiger partial charge in [0.05, 0.1) is 48.8 Å². The van der Waals surface area contributed by atoms with Crippen LogP contribution in [0.3, 0.4) is 0 Å². The lowest BCUT2D eigenvalue weighted by molar-refractivity contribution is 0.355.